The highest BCUT2D eigenvalue weighted by atomic mass is 79.9. The van der Waals surface area contributed by atoms with Crippen LogP contribution in [0.25, 0.3) is 0 Å². The van der Waals surface area contributed by atoms with Crippen LogP contribution in [0.4, 0.5) is 5.69 Å². The van der Waals surface area contributed by atoms with E-state index < -0.39 is 0 Å². The normalized spacial score (nSPS) is 16.2. The highest BCUT2D eigenvalue weighted by Crippen LogP contribution is 2.33. The van der Waals surface area contributed by atoms with E-state index in [0.717, 1.165) is 29.8 Å². The number of hydrogen-bond donors (Lipinski definition) is 1. The lowest BCUT2D eigenvalue weighted by Crippen LogP contribution is -2.29. The molecule has 1 aromatic carbocycles. The van der Waals surface area contributed by atoms with E-state index in [-0.39, 0.29) is 6.04 Å². The molecule has 2 nitrogen and oxygen atoms in total. The highest BCUT2D eigenvalue weighted by Gasteiger charge is 2.25. The molecule has 0 bridgehead atoms. The monoisotopic (exact) mass is 338 g/mol. The quantitative estimate of drug-likeness (QED) is 0.763. The topological polar surface area (TPSA) is 29.3 Å². The van der Waals surface area contributed by atoms with E-state index in [1.165, 1.54) is 37.1 Å². The van der Waals surface area contributed by atoms with Crippen LogP contribution < -0.4 is 10.6 Å². The second-order valence-corrected chi connectivity index (χ2v) is 6.95. The number of hydrogen-bond acceptors (Lipinski definition) is 2. The van der Waals surface area contributed by atoms with Crippen molar-refractivity contribution >= 4 is 21.6 Å². The molecule has 0 aliphatic heterocycles. The van der Waals surface area contributed by atoms with Crippen LogP contribution in [0.5, 0.6) is 0 Å². The Morgan fingerprint density at radius 1 is 1.35 bits per heavy atom. The van der Waals surface area contributed by atoms with Crippen LogP contribution in [0, 0.1) is 5.92 Å². The Kier molecular flexibility index (Phi) is 5.91. The molecule has 20 heavy (non-hydrogen) atoms. The van der Waals surface area contributed by atoms with E-state index in [2.05, 4.69) is 52.9 Å². The predicted molar refractivity (Wildman–Crippen MR) is 91.3 cm³/mol. The fourth-order valence-electron chi connectivity index (χ4n) is 2.64. The molecule has 1 unspecified atom stereocenters. The average molecular weight is 339 g/mol. The van der Waals surface area contributed by atoms with Gasteiger partial charge in [-0.3, -0.25) is 0 Å². The maximum Gasteiger partial charge on any atom is 0.0400 e. The van der Waals surface area contributed by atoms with Gasteiger partial charge in [-0.25, -0.2) is 0 Å². The maximum atomic E-state index is 6.18. The van der Waals surface area contributed by atoms with Gasteiger partial charge in [0.25, 0.3) is 0 Å². The second-order valence-electron chi connectivity index (χ2n) is 6.03. The van der Waals surface area contributed by atoms with Crippen LogP contribution in [0.2, 0.25) is 0 Å². The van der Waals surface area contributed by atoms with Gasteiger partial charge in [-0.2, -0.15) is 0 Å². The summed E-state index contributed by atoms with van der Waals surface area (Å²) >= 11 is 3.60. The number of nitrogens with two attached hydrogens (primary N) is 1. The highest BCUT2D eigenvalue weighted by molar-refractivity contribution is 9.10. The van der Waals surface area contributed by atoms with Crippen molar-refractivity contribution in [2.45, 2.75) is 52.0 Å². The van der Waals surface area contributed by atoms with Crippen molar-refractivity contribution in [3.05, 3.63) is 28.2 Å². The Labute approximate surface area is 131 Å². The van der Waals surface area contributed by atoms with Crippen molar-refractivity contribution in [1.82, 2.24) is 0 Å². The van der Waals surface area contributed by atoms with Crippen LogP contribution in [0.3, 0.4) is 0 Å². The van der Waals surface area contributed by atoms with Gasteiger partial charge in [0.05, 0.1) is 0 Å². The number of halogens is 1. The molecule has 0 aromatic heterocycles. The first-order valence-corrected chi connectivity index (χ1v) is 8.72. The Hall–Kier alpha value is -0.540. The van der Waals surface area contributed by atoms with Gasteiger partial charge in [0.15, 0.2) is 0 Å². The third kappa shape index (κ3) is 4.49. The number of rotatable bonds is 8. The molecular formula is C17H27BrN2. The number of benzene rings is 1. The van der Waals surface area contributed by atoms with E-state index >= 15 is 0 Å². The van der Waals surface area contributed by atoms with Crippen molar-refractivity contribution < 1.29 is 0 Å². The first-order valence-electron chi connectivity index (χ1n) is 7.93. The van der Waals surface area contributed by atoms with Crippen molar-refractivity contribution in [3.63, 3.8) is 0 Å². The lowest BCUT2D eigenvalue weighted by Gasteiger charge is -2.28. The molecule has 1 fully saturated rings. The third-order valence-corrected chi connectivity index (χ3v) is 4.55. The van der Waals surface area contributed by atoms with Crippen molar-refractivity contribution in [2.24, 2.45) is 11.7 Å². The molecule has 1 aliphatic carbocycles. The fourth-order valence-corrected chi connectivity index (χ4v) is 3.05. The largest absolute Gasteiger partial charge is 0.371 e. The molecule has 2 N–H and O–H groups in total. The Balaban J connectivity index is 2.21. The van der Waals surface area contributed by atoms with Gasteiger partial charge in [0.2, 0.25) is 0 Å². The summed E-state index contributed by atoms with van der Waals surface area (Å²) in [7, 11) is 0. The van der Waals surface area contributed by atoms with Crippen molar-refractivity contribution in [2.75, 3.05) is 18.0 Å². The van der Waals surface area contributed by atoms with E-state index in [4.69, 9.17) is 5.73 Å². The molecule has 1 aromatic rings. The molecule has 3 heteroatoms. The summed E-state index contributed by atoms with van der Waals surface area (Å²) in [6.45, 7) is 6.78. The molecular weight excluding hydrogens is 312 g/mol. The standard InChI is InChI=1S/C17H27BrN2/c1-3-9-20(12-13-5-6-13)17-8-7-15(18)10-14(17)11-16(19)4-2/h7-8,10,13,16H,3-6,9,11-12,19H2,1-2H3. The van der Waals surface area contributed by atoms with E-state index in [0.29, 0.717) is 0 Å². The molecule has 112 valence electrons. The van der Waals surface area contributed by atoms with Gasteiger partial charge in [0, 0.05) is 29.3 Å². The summed E-state index contributed by atoms with van der Waals surface area (Å²) in [6, 6.07) is 6.93. The fraction of sp³-hybridized carbons (Fsp3) is 0.647. The third-order valence-electron chi connectivity index (χ3n) is 4.06. The predicted octanol–water partition coefficient (Wildman–Crippen LogP) is 4.36. The minimum absolute atomic E-state index is 0.257. The van der Waals surface area contributed by atoms with Gasteiger partial charge < -0.3 is 10.6 Å². The van der Waals surface area contributed by atoms with Crippen LogP contribution in [-0.4, -0.2) is 19.1 Å². The summed E-state index contributed by atoms with van der Waals surface area (Å²) in [5.41, 5.74) is 8.96. The maximum absolute atomic E-state index is 6.18. The van der Waals surface area contributed by atoms with Crippen molar-refractivity contribution in [1.29, 1.82) is 0 Å². The van der Waals surface area contributed by atoms with Crippen LogP contribution in [0.15, 0.2) is 22.7 Å². The zero-order chi connectivity index (χ0) is 14.5. The van der Waals surface area contributed by atoms with Crippen LogP contribution >= 0.6 is 15.9 Å². The Morgan fingerprint density at radius 2 is 2.10 bits per heavy atom. The summed E-state index contributed by atoms with van der Waals surface area (Å²) in [6.07, 6.45) is 6.00. The number of nitrogens with zero attached hydrogens (tertiary/aromatic N) is 1. The average Bonchev–Trinajstić information content (AvgIpc) is 3.22. The summed E-state index contributed by atoms with van der Waals surface area (Å²) in [5.74, 6) is 0.915. The van der Waals surface area contributed by atoms with E-state index in [9.17, 15) is 0 Å². The van der Waals surface area contributed by atoms with E-state index in [1.54, 1.807) is 0 Å². The first kappa shape index (κ1) is 15.8. The first-order chi connectivity index (χ1) is 9.63. The van der Waals surface area contributed by atoms with E-state index in [1.807, 2.05) is 0 Å². The summed E-state index contributed by atoms with van der Waals surface area (Å²) in [5, 5.41) is 0. The summed E-state index contributed by atoms with van der Waals surface area (Å²) in [4.78, 5) is 2.57. The van der Waals surface area contributed by atoms with Gasteiger partial charge in [-0.05, 0) is 61.8 Å². The summed E-state index contributed by atoms with van der Waals surface area (Å²) < 4.78 is 1.16. The lowest BCUT2D eigenvalue weighted by molar-refractivity contribution is 0.640. The zero-order valence-corrected chi connectivity index (χ0v) is 14.3. The van der Waals surface area contributed by atoms with Gasteiger partial charge in [-0.15, -0.1) is 0 Å². The molecule has 0 amide bonds. The smallest absolute Gasteiger partial charge is 0.0400 e. The lowest BCUT2D eigenvalue weighted by atomic mass is 10.0. The Morgan fingerprint density at radius 3 is 2.70 bits per heavy atom. The Bertz CT molecular complexity index is 429. The number of anilines is 1. The van der Waals surface area contributed by atoms with Gasteiger partial charge in [0.1, 0.15) is 0 Å². The van der Waals surface area contributed by atoms with Crippen molar-refractivity contribution in [3.8, 4) is 0 Å². The second kappa shape index (κ2) is 7.46. The molecule has 0 spiro atoms. The molecule has 0 saturated heterocycles. The van der Waals surface area contributed by atoms with Gasteiger partial charge >= 0.3 is 0 Å². The molecule has 2 rings (SSSR count). The molecule has 0 radical (unpaired) electrons. The van der Waals surface area contributed by atoms with Crippen LogP contribution in [0.1, 0.15) is 45.1 Å². The molecule has 1 aliphatic rings. The van der Waals surface area contributed by atoms with Crippen LogP contribution in [-0.2, 0) is 6.42 Å². The SMILES string of the molecule is CCCN(CC1CC1)c1ccc(Br)cc1CC(N)CC. The van der Waals surface area contributed by atoms with Gasteiger partial charge in [-0.1, -0.05) is 29.8 Å². The molecule has 0 heterocycles. The zero-order valence-electron chi connectivity index (χ0n) is 12.7. The molecule has 1 atom stereocenters. The minimum Gasteiger partial charge on any atom is -0.371 e. The minimum atomic E-state index is 0.257. The molecule has 1 saturated carbocycles.